The Morgan fingerprint density at radius 2 is 1.47 bits per heavy atom. The van der Waals surface area contributed by atoms with Gasteiger partial charge in [-0.3, -0.25) is 0 Å². The van der Waals surface area contributed by atoms with Gasteiger partial charge in [-0.1, -0.05) is 64.7 Å². The van der Waals surface area contributed by atoms with Crippen LogP contribution in [0.4, 0.5) is 0 Å². The summed E-state index contributed by atoms with van der Waals surface area (Å²) in [6, 6.07) is 0. The van der Waals surface area contributed by atoms with Crippen LogP contribution < -0.4 is 0 Å². The van der Waals surface area contributed by atoms with Crippen LogP contribution in [0.5, 0.6) is 0 Å². The van der Waals surface area contributed by atoms with Crippen molar-refractivity contribution in [2.75, 3.05) is 7.11 Å². The van der Waals surface area contributed by atoms with Crippen LogP contribution in [0.3, 0.4) is 0 Å². The average molecular weight is 244 g/mol. The summed E-state index contributed by atoms with van der Waals surface area (Å²) in [6.07, 6.45) is 10.8. The standard InChI is InChI=1S/C14H28O3/c1-3-4-5-6-7-8-9-10-11-12-13(15)14(16)17-2/h13,15H,3-12H2,1-2H3/t13-/m0/s1. The van der Waals surface area contributed by atoms with Gasteiger partial charge in [-0.15, -0.1) is 0 Å². The van der Waals surface area contributed by atoms with E-state index in [0.29, 0.717) is 6.42 Å². The smallest absolute Gasteiger partial charge is 0.334 e. The van der Waals surface area contributed by atoms with Gasteiger partial charge in [-0.25, -0.2) is 4.79 Å². The van der Waals surface area contributed by atoms with Crippen LogP contribution in [0.25, 0.3) is 0 Å². The lowest BCUT2D eigenvalue weighted by Gasteiger charge is -2.07. The number of hydrogen-bond acceptors (Lipinski definition) is 3. The molecule has 0 aromatic rings. The number of rotatable bonds is 11. The number of methoxy groups -OCH3 is 1. The van der Waals surface area contributed by atoms with E-state index in [2.05, 4.69) is 11.7 Å². The molecule has 0 fully saturated rings. The Balaban J connectivity index is 3.15. The third kappa shape index (κ3) is 10.3. The molecule has 17 heavy (non-hydrogen) atoms. The van der Waals surface area contributed by atoms with Crippen LogP contribution in [-0.2, 0) is 9.53 Å². The van der Waals surface area contributed by atoms with Crippen molar-refractivity contribution in [3.8, 4) is 0 Å². The number of aliphatic hydroxyl groups excluding tert-OH is 1. The fraction of sp³-hybridized carbons (Fsp3) is 0.929. The van der Waals surface area contributed by atoms with E-state index < -0.39 is 12.1 Å². The molecule has 0 heterocycles. The number of unbranched alkanes of at least 4 members (excludes halogenated alkanes) is 8. The van der Waals surface area contributed by atoms with Gasteiger partial charge in [0.2, 0.25) is 0 Å². The molecular weight excluding hydrogens is 216 g/mol. The number of aliphatic hydroxyl groups is 1. The SMILES string of the molecule is CCCCCCCCCCC[C@H](O)C(=O)OC. The molecule has 0 saturated carbocycles. The van der Waals surface area contributed by atoms with E-state index in [-0.39, 0.29) is 0 Å². The minimum absolute atomic E-state index is 0.510. The van der Waals surface area contributed by atoms with Gasteiger partial charge in [-0.05, 0) is 6.42 Å². The zero-order valence-electron chi connectivity index (χ0n) is 11.4. The van der Waals surface area contributed by atoms with E-state index in [0.717, 1.165) is 12.8 Å². The molecule has 0 aliphatic carbocycles. The van der Waals surface area contributed by atoms with Gasteiger partial charge in [-0.2, -0.15) is 0 Å². The van der Waals surface area contributed by atoms with Crippen molar-refractivity contribution in [1.29, 1.82) is 0 Å². The van der Waals surface area contributed by atoms with Crippen molar-refractivity contribution in [3.63, 3.8) is 0 Å². The zero-order chi connectivity index (χ0) is 12.9. The number of esters is 1. The van der Waals surface area contributed by atoms with Crippen molar-refractivity contribution in [2.45, 2.75) is 77.2 Å². The van der Waals surface area contributed by atoms with Gasteiger partial charge < -0.3 is 9.84 Å². The summed E-state index contributed by atoms with van der Waals surface area (Å²) in [7, 11) is 1.31. The van der Waals surface area contributed by atoms with Gasteiger partial charge in [0, 0.05) is 0 Å². The van der Waals surface area contributed by atoms with E-state index in [1.807, 2.05) is 0 Å². The zero-order valence-corrected chi connectivity index (χ0v) is 11.4. The van der Waals surface area contributed by atoms with Crippen molar-refractivity contribution >= 4 is 5.97 Å². The van der Waals surface area contributed by atoms with Gasteiger partial charge in [0.25, 0.3) is 0 Å². The Morgan fingerprint density at radius 3 is 1.94 bits per heavy atom. The van der Waals surface area contributed by atoms with Crippen LogP contribution in [0.2, 0.25) is 0 Å². The molecule has 0 aliphatic heterocycles. The molecule has 3 nitrogen and oxygen atoms in total. The van der Waals surface area contributed by atoms with Gasteiger partial charge >= 0.3 is 5.97 Å². The lowest BCUT2D eigenvalue weighted by Crippen LogP contribution is -2.21. The fourth-order valence-electron chi connectivity index (χ4n) is 1.90. The Morgan fingerprint density at radius 1 is 1.00 bits per heavy atom. The minimum atomic E-state index is -0.926. The fourth-order valence-corrected chi connectivity index (χ4v) is 1.90. The van der Waals surface area contributed by atoms with Crippen LogP contribution in [0.1, 0.15) is 71.1 Å². The molecule has 1 N–H and O–H groups in total. The second-order valence-corrected chi connectivity index (χ2v) is 4.66. The first kappa shape index (κ1) is 16.4. The second kappa shape index (κ2) is 11.9. The molecule has 102 valence electrons. The lowest BCUT2D eigenvalue weighted by atomic mass is 10.1. The normalized spacial score (nSPS) is 12.4. The highest BCUT2D eigenvalue weighted by Crippen LogP contribution is 2.11. The highest BCUT2D eigenvalue weighted by Gasteiger charge is 2.13. The van der Waals surface area contributed by atoms with Crippen LogP contribution in [0.15, 0.2) is 0 Å². The van der Waals surface area contributed by atoms with Crippen molar-refractivity contribution in [2.24, 2.45) is 0 Å². The first-order valence-electron chi connectivity index (χ1n) is 6.98. The van der Waals surface area contributed by atoms with Gasteiger partial charge in [0.1, 0.15) is 0 Å². The van der Waals surface area contributed by atoms with Crippen molar-refractivity contribution < 1.29 is 14.6 Å². The molecule has 3 heteroatoms. The lowest BCUT2D eigenvalue weighted by molar-refractivity contribution is -0.150. The molecule has 0 saturated heterocycles. The maximum absolute atomic E-state index is 10.9. The van der Waals surface area contributed by atoms with E-state index >= 15 is 0 Å². The maximum Gasteiger partial charge on any atom is 0.334 e. The highest BCUT2D eigenvalue weighted by molar-refractivity contribution is 5.74. The molecular formula is C14H28O3. The summed E-state index contributed by atoms with van der Waals surface area (Å²) < 4.78 is 4.46. The maximum atomic E-state index is 10.9. The number of ether oxygens (including phenoxy) is 1. The van der Waals surface area contributed by atoms with Gasteiger partial charge in [0.15, 0.2) is 6.10 Å². The molecule has 0 spiro atoms. The minimum Gasteiger partial charge on any atom is -0.467 e. The van der Waals surface area contributed by atoms with Crippen LogP contribution in [-0.4, -0.2) is 24.3 Å². The largest absolute Gasteiger partial charge is 0.467 e. The quantitative estimate of drug-likeness (QED) is 0.447. The summed E-state index contributed by atoms with van der Waals surface area (Å²) in [6.45, 7) is 2.23. The average Bonchev–Trinajstić information content (AvgIpc) is 2.35. The third-order valence-electron chi connectivity index (χ3n) is 3.05. The first-order valence-corrected chi connectivity index (χ1v) is 6.98. The summed E-state index contributed by atoms with van der Waals surface area (Å²) in [5.41, 5.74) is 0. The predicted molar refractivity (Wildman–Crippen MR) is 69.9 cm³/mol. The number of hydrogen-bond donors (Lipinski definition) is 1. The van der Waals surface area contributed by atoms with Crippen LogP contribution in [0, 0.1) is 0 Å². The molecule has 0 rings (SSSR count). The van der Waals surface area contributed by atoms with Crippen LogP contribution >= 0.6 is 0 Å². The topological polar surface area (TPSA) is 46.5 Å². The Hall–Kier alpha value is -0.570. The monoisotopic (exact) mass is 244 g/mol. The highest BCUT2D eigenvalue weighted by atomic mass is 16.5. The summed E-state index contributed by atoms with van der Waals surface area (Å²) >= 11 is 0. The number of carbonyl (C=O) groups excluding carboxylic acids is 1. The van der Waals surface area contributed by atoms with Crippen molar-refractivity contribution in [1.82, 2.24) is 0 Å². The second-order valence-electron chi connectivity index (χ2n) is 4.66. The summed E-state index contributed by atoms with van der Waals surface area (Å²) in [5, 5.41) is 9.34. The molecule has 0 bridgehead atoms. The van der Waals surface area contributed by atoms with E-state index in [1.165, 1.54) is 52.1 Å². The van der Waals surface area contributed by atoms with Crippen molar-refractivity contribution in [3.05, 3.63) is 0 Å². The molecule has 0 radical (unpaired) electrons. The first-order chi connectivity index (χ1) is 8.22. The number of carbonyl (C=O) groups is 1. The van der Waals surface area contributed by atoms with E-state index in [4.69, 9.17) is 0 Å². The van der Waals surface area contributed by atoms with E-state index in [1.54, 1.807) is 0 Å². The molecule has 0 unspecified atom stereocenters. The summed E-state index contributed by atoms with van der Waals surface area (Å²) in [5.74, 6) is -0.510. The molecule has 0 aliphatic rings. The Kier molecular flexibility index (Phi) is 11.5. The Labute approximate surface area is 106 Å². The predicted octanol–water partition coefficient (Wildman–Crippen LogP) is 3.44. The molecule has 0 amide bonds. The third-order valence-corrected chi connectivity index (χ3v) is 3.05. The molecule has 0 aromatic carbocycles. The molecule has 1 atom stereocenters. The Bertz CT molecular complexity index is 180. The van der Waals surface area contributed by atoms with E-state index in [9.17, 15) is 9.90 Å². The van der Waals surface area contributed by atoms with Gasteiger partial charge in [0.05, 0.1) is 7.11 Å². The summed E-state index contributed by atoms with van der Waals surface area (Å²) in [4.78, 5) is 10.9. The molecule has 0 aromatic heterocycles.